The first-order valence-corrected chi connectivity index (χ1v) is 11.0. The fraction of sp³-hybridized carbons (Fsp3) is 0.111. The van der Waals surface area contributed by atoms with Gasteiger partial charge in [0.1, 0.15) is 12.1 Å². The number of hydrogen-bond acceptors (Lipinski definition) is 6. The molecule has 0 bridgehead atoms. The van der Waals surface area contributed by atoms with Gasteiger partial charge in [-0.3, -0.25) is 4.79 Å². The second-order valence-corrected chi connectivity index (χ2v) is 9.09. The molecule has 0 radical (unpaired) electrons. The van der Waals surface area contributed by atoms with Gasteiger partial charge in [0.15, 0.2) is 17.2 Å². The Kier molecular flexibility index (Phi) is 4.15. The van der Waals surface area contributed by atoms with Crippen LogP contribution >= 0.6 is 0 Å². The Morgan fingerprint density at radius 1 is 0.811 bits per heavy atom. The van der Waals surface area contributed by atoms with E-state index in [0.717, 1.165) is 11.1 Å². The van der Waals surface area contributed by atoms with E-state index < -0.39 is 17.2 Å². The summed E-state index contributed by atoms with van der Waals surface area (Å²) in [5, 5.41) is 18.8. The predicted molar refractivity (Wildman–Crippen MR) is 129 cm³/mol. The van der Waals surface area contributed by atoms with E-state index in [0.29, 0.717) is 22.3 Å². The molecule has 0 saturated carbocycles. The first kappa shape index (κ1) is 21.7. The van der Waals surface area contributed by atoms with Gasteiger partial charge < -0.3 is 9.69 Å². The Hall–Kier alpha value is -5.84. The van der Waals surface area contributed by atoms with Gasteiger partial charge in [-0.15, -0.1) is 0 Å². The SMILES string of the molecule is [C-]#[N+]c1nc2n(c1[N+]#[C-])C(=O)c1cc(C(C)(C)c3ccc4c(c3)-c3nc(C#N)c(C#N)n3C4=O)ccc1-2. The number of imidazole rings is 2. The third-order valence-electron chi connectivity index (χ3n) is 6.97. The maximum Gasteiger partial charge on any atom is 0.333 e. The highest BCUT2D eigenvalue weighted by Gasteiger charge is 2.40. The monoisotopic (exact) mass is 480 g/mol. The molecule has 0 unspecified atom stereocenters. The van der Waals surface area contributed by atoms with Crippen LogP contribution in [0.25, 0.3) is 32.5 Å². The molecule has 0 N–H and O–H groups in total. The number of carbonyl (C=O) groups excluding carboxylic acids is 2. The Morgan fingerprint density at radius 3 is 2.05 bits per heavy atom. The van der Waals surface area contributed by atoms with Crippen LogP contribution in [0.5, 0.6) is 0 Å². The van der Waals surface area contributed by atoms with Crippen LogP contribution in [0.1, 0.15) is 57.1 Å². The summed E-state index contributed by atoms with van der Waals surface area (Å²) >= 11 is 0. The minimum absolute atomic E-state index is 0.0886. The molecular formula is C27H12N8O2. The summed E-state index contributed by atoms with van der Waals surface area (Å²) in [5.41, 5.74) is 2.68. The van der Waals surface area contributed by atoms with Crippen molar-refractivity contribution in [2.75, 3.05) is 0 Å². The number of rotatable bonds is 2. The van der Waals surface area contributed by atoms with E-state index in [2.05, 4.69) is 19.7 Å². The van der Waals surface area contributed by atoms with Gasteiger partial charge in [-0.05, 0) is 35.4 Å². The van der Waals surface area contributed by atoms with Gasteiger partial charge in [-0.2, -0.15) is 15.1 Å². The molecule has 10 nitrogen and oxygen atoms in total. The Labute approximate surface area is 209 Å². The first-order valence-electron chi connectivity index (χ1n) is 11.0. The molecule has 0 spiro atoms. The summed E-state index contributed by atoms with van der Waals surface area (Å²) in [4.78, 5) is 41.2. The van der Waals surface area contributed by atoms with Crippen LogP contribution in [-0.4, -0.2) is 30.9 Å². The van der Waals surface area contributed by atoms with Crippen molar-refractivity contribution in [1.82, 2.24) is 19.1 Å². The molecule has 6 rings (SSSR count). The third-order valence-corrected chi connectivity index (χ3v) is 6.97. The maximum atomic E-state index is 13.2. The van der Waals surface area contributed by atoms with Crippen LogP contribution in [0.3, 0.4) is 0 Å². The van der Waals surface area contributed by atoms with Crippen molar-refractivity contribution < 1.29 is 9.59 Å². The highest BCUT2D eigenvalue weighted by atomic mass is 16.2. The Balaban J connectivity index is 1.46. The Morgan fingerprint density at radius 2 is 1.43 bits per heavy atom. The predicted octanol–water partition coefficient (Wildman–Crippen LogP) is 4.59. The smallest absolute Gasteiger partial charge is 0.333 e. The molecule has 37 heavy (non-hydrogen) atoms. The van der Waals surface area contributed by atoms with E-state index in [-0.39, 0.29) is 34.7 Å². The minimum Gasteiger partial charge on any atom is -0.372 e. The van der Waals surface area contributed by atoms with Crippen LogP contribution in [0, 0.1) is 35.8 Å². The zero-order chi connectivity index (χ0) is 26.2. The van der Waals surface area contributed by atoms with Gasteiger partial charge in [0.25, 0.3) is 17.5 Å². The maximum absolute atomic E-state index is 13.2. The van der Waals surface area contributed by atoms with E-state index in [1.807, 2.05) is 44.2 Å². The number of nitriles is 2. The van der Waals surface area contributed by atoms with Gasteiger partial charge in [0, 0.05) is 11.0 Å². The summed E-state index contributed by atoms with van der Waals surface area (Å²) in [7, 11) is 0. The highest BCUT2D eigenvalue weighted by molar-refractivity contribution is 6.11. The number of fused-ring (bicyclic) bond motifs is 6. The summed E-state index contributed by atoms with van der Waals surface area (Å²) in [6.45, 7) is 18.6. The summed E-state index contributed by atoms with van der Waals surface area (Å²) < 4.78 is 2.35. The van der Waals surface area contributed by atoms with Crippen LogP contribution in [0.15, 0.2) is 36.4 Å². The lowest BCUT2D eigenvalue weighted by Gasteiger charge is -2.27. The molecule has 10 heteroatoms. The molecule has 2 aromatic heterocycles. The molecule has 2 aliphatic rings. The molecule has 2 aromatic carbocycles. The zero-order valence-electron chi connectivity index (χ0n) is 19.4. The van der Waals surface area contributed by atoms with Crippen LogP contribution < -0.4 is 0 Å². The van der Waals surface area contributed by atoms with E-state index in [4.69, 9.17) is 13.1 Å². The lowest BCUT2D eigenvalue weighted by atomic mass is 9.76. The summed E-state index contributed by atoms with van der Waals surface area (Å²) in [6.07, 6.45) is 0. The molecule has 0 atom stereocenters. The Bertz CT molecular complexity index is 1940. The van der Waals surface area contributed by atoms with Gasteiger partial charge in [-0.25, -0.2) is 14.3 Å². The van der Waals surface area contributed by atoms with E-state index in [1.165, 1.54) is 9.13 Å². The third kappa shape index (κ3) is 2.59. The standard InChI is InChI=1S/C27H12N8O2/c1-27(2,13-6-8-16-17(9-13)23-32-19(11-28)20(12-29)34(23)25(16)36)14-5-7-15-18(10-14)26(37)35-22(15)33-21(30-3)24(35)31-4/h5-10H,1-2H3. The summed E-state index contributed by atoms with van der Waals surface area (Å²) in [5.74, 6) is -0.483. The molecule has 172 valence electrons. The largest absolute Gasteiger partial charge is 0.372 e. The van der Waals surface area contributed by atoms with Crippen molar-refractivity contribution in [3.63, 3.8) is 0 Å². The van der Waals surface area contributed by atoms with Crippen molar-refractivity contribution in [2.45, 2.75) is 19.3 Å². The van der Waals surface area contributed by atoms with Gasteiger partial charge >= 0.3 is 11.7 Å². The highest BCUT2D eigenvalue weighted by Crippen LogP contribution is 2.43. The number of hydrogen-bond donors (Lipinski definition) is 0. The summed E-state index contributed by atoms with van der Waals surface area (Å²) in [6, 6.07) is 14.5. The minimum atomic E-state index is -0.626. The quantitative estimate of drug-likeness (QED) is 0.334. The molecule has 4 heterocycles. The van der Waals surface area contributed by atoms with Crippen LogP contribution in [0.2, 0.25) is 0 Å². The van der Waals surface area contributed by atoms with Gasteiger partial charge in [0.05, 0.1) is 16.7 Å². The van der Waals surface area contributed by atoms with E-state index in [1.54, 1.807) is 18.2 Å². The van der Waals surface area contributed by atoms with E-state index >= 15 is 0 Å². The number of carbonyl (C=O) groups is 2. The second-order valence-electron chi connectivity index (χ2n) is 9.09. The number of nitrogens with zero attached hydrogens (tertiary/aromatic N) is 8. The first-order chi connectivity index (χ1) is 17.8. The number of benzene rings is 2. The lowest BCUT2D eigenvalue weighted by molar-refractivity contribution is 0.0961. The van der Waals surface area contributed by atoms with Crippen molar-refractivity contribution in [3.8, 4) is 34.9 Å². The molecule has 0 amide bonds. The fourth-order valence-electron chi connectivity index (χ4n) is 4.95. The van der Waals surface area contributed by atoms with E-state index in [9.17, 15) is 20.1 Å². The molecule has 0 aliphatic carbocycles. The topological polar surface area (TPSA) is 126 Å². The molecule has 2 aliphatic heterocycles. The second kappa shape index (κ2) is 7.09. The lowest BCUT2D eigenvalue weighted by Crippen LogP contribution is -2.20. The van der Waals surface area contributed by atoms with Crippen LogP contribution in [-0.2, 0) is 5.41 Å². The average molecular weight is 480 g/mol. The van der Waals surface area contributed by atoms with Crippen molar-refractivity contribution >= 4 is 23.5 Å². The normalized spacial score (nSPS) is 12.6. The molecule has 0 fully saturated rings. The zero-order valence-corrected chi connectivity index (χ0v) is 19.4. The van der Waals surface area contributed by atoms with Crippen molar-refractivity contribution in [1.29, 1.82) is 10.5 Å². The fourth-order valence-corrected chi connectivity index (χ4v) is 4.95. The van der Waals surface area contributed by atoms with Crippen molar-refractivity contribution in [2.24, 2.45) is 0 Å². The van der Waals surface area contributed by atoms with Gasteiger partial charge in [0.2, 0.25) is 0 Å². The van der Waals surface area contributed by atoms with Crippen molar-refractivity contribution in [3.05, 3.63) is 92.9 Å². The average Bonchev–Trinajstić information content (AvgIpc) is 3.62. The van der Waals surface area contributed by atoms with Crippen LogP contribution in [0.4, 0.5) is 11.6 Å². The molecule has 4 aromatic rings. The molecular weight excluding hydrogens is 468 g/mol. The van der Waals surface area contributed by atoms with Gasteiger partial charge in [-0.1, -0.05) is 44.1 Å². The number of aromatic nitrogens is 4. The molecule has 0 saturated heterocycles.